The van der Waals surface area contributed by atoms with Crippen LogP contribution in [-0.4, -0.2) is 12.5 Å². The summed E-state index contributed by atoms with van der Waals surface area (Å²) in [6.07, 6.45) is 0. The number of benzene rings is 2. The van der Waals surface area contributed by atoms with Gasteiger partial charge in [0.15, 0.2) is 0 Å². The van der Waals surface area contributed by atoms with E-state index >= 15 is 0 Å². The van der Waals surface area contributed by atoms with Gasteiger partial charge in [-0.1, -0.05) is 29.8 Å². The van der Waals surface area contributed by atoms with Gasteiger partial charge in [0.2, 0.25) is 0 Å². The molecule has 0 radical (unpaired) electrons. The Labute approximate surface area is 126 Å². The first-order valence-corrected chi connectivity index (χ1v) is 7.17. The molecule has 0 aliphatic heterocycles. The van der Waals surface area contributed by atoms with Crippen molar-refractivity contribution in [1.82, 2.24) is 5.32 Å². The minimum atomic E-state index is -0.0670. The topological polar surface area (TPSA) is 38.3 Å². The van der Waals surface area contributed by atoms with E-state index < -0.39 is 0 Å². The molecule has 0 saturated heterocycles. The molecule has 3 nitrogen and oxygen atoms in total. The van der Waals surface area contributed by atoms with Crippen molar-refractivity contribution in [3.63, 3.8) is 0 Å². The highest BCUT2D eigenvalue weighted by Crippen LogP contribution is 2.19. The van der Waals surface area contributed by atoms with Crippen molar-refractivity contribution in [1.29, 1.82) is 0 Å². The lowest BCUT2D eigenvalue weighted by atomic mass is 10.1. The number of ether oxygens (including phenoxy) is 1. The second kappa shape index (κ2) is 6.93. The Morgan fingerprint density at radius 2 is 1.95 bits per heavy atom. The fourth-order valence-electron chi connectivity index (χ4n) is 2.21. The predicted molar refractivity (Wildman–Crippen MR) is 84.7 cm³/mol. The Morgan fingerprint density at radius 1 is 1.14 bits per heavy atom. The van der Waals surface area contributed by atoms with Crippen LogP contribution in [0.1, 0.15) is 34.0 Å². The van der Waals surface area contributed by atoms with Gasteiger partial charge in [0, 0.05) is 12.1 Å². The van der Waals surface area contributed by atoms with Gasteiger partial charge in [-0.25, -0.2) is 0 Å². The number of carbonyl (C=O) groups is 1. The molecule has 0 saturated carbocycles. The summed E-state index contributed by atoms with van der Waals surface area (Å²) in [6, 6.07) is 13.6. The number of nitrogens with one attached hydrogen (secondary N) is 1. The van der Waals surface area contributed by atoms with Crippen LogP contribution in [-0.2, 0) is 6.54 Å². The molecule has 21 heavy (non-hydrogen) atoms. The molecule has 0 unspecified atom stereocenters. The first kappa shape index (κ1) is 15.1. The van der Waals surface area contributed by atoms with Gasteiger partial charge in [0.05, 0.1) is 6.61 Å². The summed E-state index contributed by atoms with van der Waals surface area (Å²) < 4.78 is 5.48. The number of amides is 1. The molecule has 2 aromatic rings. The molecule has 0 atom stereocenters. The smallest absolute Gasteiger partial charge is 0.251 e. The first-order chi connectivity index (χ1) is 10.1. The highest BCUT2D eigenvalue weighted by Gasteiger charge is 2.08. The van der Waals surface area contributed by atoms with Crippen LogP contribution in [0.2, 0.25) is 0 Å². The number of hydrogen-bond acceptors (Lipinski definition) is 2. The van der Waals surface area contributed by atoms with E-state index in [0.717, 1.165) is 16.9 Å². The normalized spacial score (nSPS) is 10.2. The third-order valence-corrected chi connectivity index (χ3v) is 3.27. The van der Waals surface area contributed by atoms with Crippen LogP contribution in [0.15, 0.2) is 42.5 Å². The van der Waals surface area contributed by atoms with Crippen LogP contribution in [0.3, 0.4) is 0 Å². The molecule has 3 heteroatoms. The lowest BCUT2D eigenvalue weighted by molar-refractivity contribution is 0.0951. The van der Waals surface area contributed by atoms with Gasteiger partial charge < -0.3 is 10.1 Å². The van der Waals surface area contributed by atoms with E-state index in [1.54, 1.807) is 6.07 Å². The molecule has 0 bridgehead atoms. The largest absolute Gasteiger partial charge is 0.494 e. The maximum absolute atomic E-state index is 12.2. The fraction of sp³-hybridized carbons (Fsp3) is 0.278. The number of rotatable bonds is 5. The van der Waals surface area contributed by atoms with Crippen LogP contribution < -0.4 is 10.1 Å². The maximum Gasteiger partial charge on any atom is 0.251 e. The summed E-state index contributed by atoms with van der Waals surface area (Å²) in [6.45, 7) is 7.10. The zero-order valence-electron chi connectivity index (χ0n) is 12.8. The predicted octanol–water partition coefficient (Wildman–Crippen LogP) is 3.63. The molecule has 110 valence electrons. The summed E-state index contributed by atoms with van der Waals surface area (Å²) in [5.74, 6) is 0.760. The van der Waals surface area contributed by atoms with Crippen LogP contribution in [0.25, 0.3) is 0 Å². The van der Waals surface area contributed by atoms with Crippen molar-refractivity contribution in [2.75, 3.05) is 6.61 Å². The average molecular weight is 283 g/mol. The minimum Gasteiger partial charge on any atom is -0.494 e. The van der Waals surface area contributed by atoms with Crippen molar-refractivity contribution in [3.8, 4) is 5.75 Å². The van der Waals surface area contributed by atoms with Crippen LogP contribution >= 0.6 is 0 Å². The summed E-state index contributed by atoms with van der Waals surface area (Å²) in [4.78, 5) is 12.2. The number of carbonyl (C=O) groups excluding carboxylic acids is 1. The van der Waals surface area contributed by atoms with Crippen LogP contribution in [0.5, 0.6) is 5.75 Å². The average Bonchev–Trinajstić information content (AvgIpc) is 2.47. The van der Waals surface area contributed by atoms with E-state index in [9.17, 15) is 4.79 Å². The fourth-order valence-corrected chi connectivity index (χ4v) is 2.21. The van der Waals surface area contributed by atoms with Crippen LogP contribution in [0, 0.1) is 13.8 Å². The third-order valence-electron chi connectivity index (χ3n) is 3.27. The van der Waals surface area contributed by atoms with E-state index in [1.807, 2.05) is 51.1 Å². The Hall–Kier alpha value is -2.29. The summed E-state index contributed by atoms with van der Waals surface area (Å²) in [5.41, 5.74) is 3.92. The van der Waals surface area contributed by atoms with Crippen molar-refractivity contribution >= 4 is 5.91 Å². The first-order valence-electron chi connectivity index (χ1n) is 7.17. The Balaban J connectivity index is 2.02. The lowest BCUT2D eigenvalue weighted by Gasteiger charge is -2.10. The molecule has 2 aromatic carbocycles. The van der Waals surface area contributed by atoms with Gasteiger partial charge in [-0.15, -0.1) is 0 Å². The van der Waals surface area contributed by atoms with E-state index in [-0.39, 0.29) is 5.91 Å². The van der Waals surface area contributed by atoms with Crippen molar-refractivity contribution < 1.29 is 9.53 Å². The zero-order valence-corrected chi connectivity index (χ0v) is 12.8. The molecule has 1 N–H and O–H groups in total. The summed E-state index contributed by atoms with van der Waals surface area (Å²) in [7, 11) is 0. The second-order valence-corrected chi connectivity index (χ2v) is 5.09. The molecular weight excluding hydrogens is 262 g/mol. The minimum absolute atomic E-state index is 0.0670. The number of hydrogen-bond donors (Lipinski definition) is 1. The molecular formula is C18H21NO2. The SMILES string of the molecule is CCOc1ccc(C(=O)NCc2cccc(C)c2)cc1C. The lowest BCUT2D eigenvalue weighted by Crippen LogP contribution is -2.22. The van der Waals surface area contributed by atoms with E-state index in [1.165, 1.54) is 5.56 Å². The van der Waals surface area contributed by atoms with Gasteiger partial charge in [-0.2, -0.15) is 0 Å². The van der Waals surface area contributed by atoms with Crippen molar-refractivity contribution in [3.05, 3.63) is 64.7 Å². The van der Waals surface area contributed by atoms with Gasteiger partial charge in [-0.05, 0) is 50.1 Å². The molecule has 0 heterocycles. The summed E-state index contributed by atoms with van der Waals surface area (Å²) in [5, 5.41) is 2.94. The number of aryl methyl sites for hydroxylation is 2. The Bertz CT molecular complexity index is 635. The third kappa shape index (κ3) is 4.09. The van der Waals surface area contributed by atoms with Gasteiger partial charge in [0.25, 0.3) is 5.91 Å². The Morgan fingerprint density at radius 3 is 2.62 bits per heavy atom. The molecule has 2 rings (SSSR count). The van der Waals surface area contributed by atoms with E-state index in [2.05, 4.69) is 11.4 Å². The Kier molecular flexibility index (Phi) is 4.99. The van der Waals surface area contributed by atoms with Gasteiger partial charge in [0.1, 0.15) is 5.75 Å². The molecule has 0 fully saturated rings. The van der Waals surface area contributed by atoms with Crippen LogP contribution in [0.4, 0.5) is 0 Å². The van der Waals surface area contributed by atoms with Crippen molar-refractivity contribution in [2.24, 2.45) is 0 Å². The van der Waals surface area contributed by atoms with Crippen molar-refractivity contribution in [2.45, 2.75) is 27.3 Å². The molecule has 0 aliphatic rings. The molecule has 1 amide bonds. The highest BCUT2D eigenvalue weighted by molar-refractivity contribution is 5.94. The second-order valence-electron chi connectivity index (χ2n) is 5.09. The summed E-state index contributed by atoms with van der Waals surface area (Å²) >= 11 is 0. The van der Waals surface area contributed by atoms with E-state index in [4.69, 9.17) is 4.74 Å². The quantitative estimate of drug-likeness (QED) is 0.910. The molecule has 0 spiro atoms. The van der Waals surface area contributed by atoms with E-state index in [0.29, 0.717) is 18.7 Å². The monoisotopic (exact) mass is 283 g/mol. The van der Waals surface area contributed by atoms with Gasteiger partial charge in [-0.3, -0.25) is 4.79 Å². The molecule has 0 aliphatic carbocycles. The zero-order chi connectivity index (χ0) is 15.2. The highest BCUT2D eigenvalue weighted by atomic mass is 16.5. The van der Waals surface area contributed by atoms with Gasteiger partial charge >= 0.3 is 0 Å². The standard InChI is InChI=1S/C18H21NO2/c1-4-21-17-9-8-16(11-14(17)3)18(20)19-12-15-7-5-6-13(2)10-15/h5-11H,4,12H2,1-3H3,(H,19,20). The molecule has 0 aromatic heterocycles. The maximum atomic E-state index is 12.2.